The van der Waals surface area contributed by atoms with Gasteiger partial charge in [-0.2, -0.15) is 5.10 Å². The van der Waals surface area contributed by atoms with Crippen LogP contribution >= 0.6 is 11.6 Å². The minimum absolute atomic E-state index is 0.0847. The molecule has 0 saturated carbocycles. The molecule has 4 rings (SSSR count). The zero-order valence-electron chi connectivity index (χ0n) is 15.9. The third-order valence-corrected chi connectivity index (χ3v) is 4.68. The molecule has 0 radical (unpaired) electrons. The standard InChI is InChI=1S/C23H19ClN4O2/c24-18-9-5-10-19(13-18)25-23(30)26-22-14-21(17-7-2-1-3-8-17)27-28(22)20-11-4-6-16(12-20)15-29/h1-14,29H,15H2,(H2,25,26,30). The number of nitrogens with one attached hydrogen (secondary N) is 2. The molecular weight excluding hydrogens is 400 g/mol. The van der Waals surface area contributed by atoms with E-state index in [2.05, 4.69) is 15.7 Å². The molecule has 3 N–H and O–H groups in total. The Morgan fingerprint density at radius 2 is 1.73 bits per heavy atom. The zero-order chi connectivity index (χ0) is 20.9. The molecule has 1 aromatic heterocycles. The first kappa shape index (κ1) is 19.7. The van der Waals surface area contributed by atoms with Crippen LogP contribution in [0.2, 0.25) is 5.02 Å². The van der Waals surface area contributed by atoms with Gasteiger partial charge in [0.2, 0.25) is 0 Å². The Morgan fingerprint density at radius 3 is 2.50 bits per heavy atom. The highest BCUT2D eigenvalue weighted by Crippen LogP contribution is 2.25. The first-order chi connectivity index (χ1) is 14.6. The maximum Gasteiger partial charge on any atom is 0.324 e. The molecule has 4 aromatic rings. The number of anilines is 2. The lowest BCUT2D eigenvalue weighted by Gasteiger charge is -2.11. The van der Waals surface area contributed by atoms with Crippen molar-refractivity contribution in [3.63, 3.8) is 0 Å². The Bertz CT molecular complexity index is 1170. The maximum atomic E-state index is 12.6. The number of aliphatic hydroxyl groups is 1. The predicted molar refractivity (Wildman–Crippen MR) is 119 cm³/mol. The monoisotopic (exact) mass is 418 g/mol. The molecule has 1 heterocycles. The summed E-state index contributed by atoms with van der Waals surface area (Å²) in [5, 5.41) is 20.3. The summed E-state index contributed by atoms with van der Waals surface area (Å²) >= 11 is 5.99. The van der Waals surface area contributed by atoms with E-state index in [1.165, 1.54) is 0 Å². The van der Waals surface area contributed by atoms with Crippen LogP contribution in [0.15, 0.2) is 84.9 Å². The van der Waals surface area contributed by atoms with E-state index in [4.69, 9.17) is 11.6 Å². The zero-order valence-corrected chi connectivity index (χ0v) is 16.7. The highest BCUT2D eigenvalue weighted by molar-refractivity contribution is 6.30. The highest BCUT2D eigenvalue weighted by Gasteiger charge is 2.14. The average Bonchev–Trinajstić information content (AvgIpc) is 3.18. The molecule has 3 aromatic carbocycles. The third kappa shape index (κ3) is 4.51. The van der Waals surface area contributed by atoms with E-state index in [1.54, 1.807) is 35.0 Å². The van der Waals surface area contributed by atoms with E-state index in [1.807, 2.05) is 54.6 Å². The minimum atomic E-state index is -0.420. The molecule has 0 aliphatic rings. The summed E-state index contributed by atoms with van der Waals surface area (Å²) < 4.78 is 1.64. The largest absolute Gasteiger partial charge is 0.392 e. The van der Waals surface area contributed by atoms with Crippen LogP contribution in [-0.2, 0) is 6.61 Å². The Labute approximate surface area is 178 Å². The first-order valence-corrected chi connectivity index (χ1v) is 9.69. The number of hydrogen-bond donors (Lipinski definition) is 3. The number of rotatable bonds is 5. The molecule has 7 heteroatoms. The van der Waals surface area contributed by atoms with Gasteiger partial charge in [0.15, 0.2) is 0 Å². The van der Waals surface area contributed by atoms with Gasteiger partial charge in [-0.05, 0) is 35.9 Å². The summed E-state index contributed by atoms with van der Waals surface area (Å²) in [7, 11) is 0. The van der Waals surface area contributed by atoms with Crippen molar-refractivity contribution in [2.45, 2.75) is 6.61 Å². The van der Waals surface area contributed by atoms with Gasteiger partial charge in [0, 0.05) is 22.3 Å². The second-order valence-electron chi connectivity index (χ2n) is 6.61. The second kappa shape index (κ2) is 8.82. The van der Waals surface area contributed by atoms with Gasteiger partial charge in [0.25, 0.3) is 0 Å². The van der Waals surface area contributed by atoms with Gasteiger partial charge in [0.1, 0.15) is 5.82 Å². The van der Waals surface area contributed by atoms with Gasteiger partial charge >= 0.3 is 6.03 Å². The van der Waals surface area contributed by atoms with Crippen molar-refractivity contribution in [3.05, 3.63) is 95.5 Å². The Balaban J connectivity index is 1.68. The lowest BCUT2D eigenvalue weighted by molar-refractivity contribution is 0.262. The number of halogens is 1. The molecule has 0 saturated heterocycles. The Kier molecular flexibility index (Phi) is 5.79. The van der Waals surface area contributed by atoms with E-state index < -0.39 is 6.03 Å². The minimum Gasteiger partial charge on any atom is -0.392 e. The average molecular weight is 419 g/mol. The van der Waals surface area contributed by atoms with Crippen molar-refractivity contribution in [2.75, 3.05) is 10.6 Å². The fraction of sp³-hybridized carbons (Fsp3) is 0.0435. The van der Waals surface area contributed by atoms with E-state index in [0.29, 0.717) is 22.2 Å². The number of aliphatic hydroxyl groups excluding tert-OH is 1. The molecule has 30 heavy (non-hydrogen) atoms. The predicted octanol–water partition coefficient (Wildman–Crippen LogP) is 5.33. The normalized spacial score (nSPS) is 10.6. The fourth-order valence-corrected chi connectivity index (χ4v) is 3.24. The molecule has 0 aliphatic heterocycles. The number of carbonyl (C=O) groups excluding carboxylic acids is 1. The number of urea groups is 1. The fourth-order valence-electron chi connectivity index (χ4n) is 3.05. The van der Waals surface area contributed by atoms with Crippen molar-refractivity contribution in [3.8, 4) is 16.9 Å². The topological polar surface area (TPSA) is 79.2 Å². The quantitative estimate of drug-likeness (QED) is 0.410. The molecule has 0 fully saturated rings. The van der Waals surface area contributed by atoms with Gasteiger partial charge in [-0.15, -0.1) is 0 Å². The molecule has 0 bridgehead atoms. The first-order valence-electron chi connectivity index (χ1n) is 9.31. The molecule has 2 amide bonds. The number of carbonyl (C=O) groups is 1. The van der Waals surface area contributed by atoms with Crippen molar-refractivity contribution in [2.24, 2.45) is 0 Å². The smallest absolute Gasteiger partial charge is 0.324 e. The van der Waals surface area contributed by atoms with E-state index in [-0.39, 0.29) is 6.61 Å². The van der Waals surface area contributed by atoms with Crippen LogP contribution < -0.4 is 10.6 Å². The summed E-state index contributed by atoms with van der Waals surface area (Å²) in [4.78, 5) is 12.6. The molecule has 6 nitrogen and oxygen atoms in total. The molecular formula is C23H19ClN4O2. The van der Waals surface area contributed by atoms with Crippen LogP contribution in [0, 0.1) is 0 Å². The van der Waals surface area contributed by atoms with E-state index >= 15 is 0 Å². The number of nitrogens with zero attached hydrogens (tertiary/aromatic N) is 2. The van der Waals surface area contributed by atoms with Gasteiger partial charge in [-0.1, -0.05) is 60.1 Å². The second-order valence-corrected chi connectivity index (χ2v) is 7.05. The summed E-state index contributed by atoms with van der Waals surface area (Å²) in [6, 6.07) is 25.3. The van der Waals surface area contributed by atoms with Crippen molar-refractivity contribution >= 4 is 29.1 Å². The van der Waals surface area contributed by atoms with Crippen molar-refractivity contribution < 1.29 is 9.90 Å². The summed E-state index contributed by atoms with van der Waals surface area (Å²) in [5.41, 5.74) is 3.69. The van der Waals surface area contributed by atoms with Gasteiger partial charge in [-0.25, -0.2) is 9.48 Å². The lowest BCUT2D eigenvalue weighted by atomic mass is 10.2. The summed E-state index contributed by atoms with van der Waals surface area (Å²) in [6.07, 6.45) is 0. The number of amides is 2. The number of aromatic nitrogens is 2. The number of hydrogen-bond acceptors (Lipinski definition) is 3. The SMILES string of the molecule is O=C(Nc1cccc(Cl)c1)Nc1cc(-c2ccccc2)nn1-c1cccc(CO)c1. The maximum absolute atomic E-state index is 12.6. The van der Waals surface area contributed by atoms with Gasteiger partial charge in [-0.3, -0.25) is 5.32 Å². The van der Waals surface area contributed by atoms with Gasteiger partial charge < -0.3 is 10.4 Å². The lowest BCUT2D eigenvalue weighted by Crippen LogP contribution is -2.21. The summed E-state index contributed by atoms with van der Waals surface area (Å²) in [6.45, 7) is -0.0847. The van der Waals surface area contributed by atoms with E-state index in [0.717, 1.165) is 16.8 Å². The molecule has 150 valence electrons. The van der Waals surface area contributed by atoms with Crippen LogP contribution in [0.5, 0.6) is 0 Å². The van der Waals surface area contributed by atoms with Crippen LogP contribution in [0.1, 0.15) is 5.56 Å². The molecule has 0 spiro atoms. The summed E-state index contributed by atoms with van der Waals surface area (Å²) in [5.74, 6) is 0.489. The van der Waals surface area contributed by atoms with Crippen LogP contribution in [0.25, 0.3) is 16.9 Å². The van der Waals surface area contributed by atoms with Crippen LogP contribution in [-0.4, -0.2) is 20.9 Å². The van der Waals surface area contributed by atoms with Gasteiger partial charge in [0.05, 0.1) is 18.0 Å². The molecule has 0 unspecified atom stereocenters. The Morgan fingerprint density at radius 1 is 0.933 bits per heavy atom. The highest BCUT2D eigenvalue weighted by atomic mass is 35.5. The van der Waals surface area contributed by atoms with Crippen molar-refractivity contribution in [1.82, 2.24) is 9.78 Å². The molecule has 0 atom stereocenters. The van der Waals surface area contributed by atoms with Crippen LogP contribution in [0.3, 0.4) is 0 Å². The molecule has 0 aliphatic carbocycles. The van der Waals surface area contributed by atoms with Crippen molar-refractivity contribution in [1.29, 1.82) is 0 Å². The van der Waals surface area contributed by atoms with Crippen LogP contribution in [0.4, 0.5) is 16.3 Å². The third-order valence-electron chi connectivity index (χ3n) is 4.44. The Hall–Kier alpha value is -3.61. The number of benzene rings is 3. The van der Waals surface area contributed by atoms with E-state index in [9.17, 15) is 9.90 Å².